The van der Waals surface area contributed by atoms with Gasteiger partial charge >= 0.3 is 0 Å². The molecule has 3 rings (SSSR count). The first-order valence-corrected chi connectivity index (χ1v) is 7.09. The number of nitrogens with zero attached hydrogens (tertiary/aromatic N) is 2. The van der Waals surface area contributed by atoms with E-state index in [1.165, 1.54) is 17.6 Å². The van der Waals surface area contributed by atoms with Gasteiger partial charge in [0, 0.05) is 5.56 Å². The third-order valence-corrected chi connectivity index (χ3v) is 3.83. The summed E-state index contributed by atoms with van der Waals surface area (Å²) in [6.45, 7) is 0. The van der Waals surface area contributed by atoms with Gasteiger partial charge in [0.15, 0.2) is 0 Å². The molecule has 6 heteroatoms. The highest BCUT2D eigenvalue weighted by Gasteiger charge is 2.02. The molecule has 0 aliphatic heterocycles. The Balaban J connectivity index is 1.77. The Morgan fingerprint density at radius 2 is 2.14 bits per heavy atom. The van der Waals surface area contributed by atoms with Gasteiger partial charge in [0.2, 0.25) is 5.13 Å². The van der Waals surface area contributed by atoms with Crippen molar-refractivity contribution in [3.63, 3.8) is 0 Å². The van der Waals surface area contributed by atoms with E-state index in [9.17, 15) is 5.11 Å². The zero-order chi connectivity index (χ0) is 14.7. The molecular formula is C15H13N3O2S. The van der Waals surface area contributed by atoms with Gasteiger partial charge in [-0.3, -0.25) is 5.43 Å². The molecule has 1 aromatic heterocycles. The number of aromatic nitrogens is 1. The minimum absolute atomic E-state index is 0.144. The summed E-state index contributed by atoms with van der Waals surface area (Å²) >= 11 is 1.52. The van der Waals surface area contributed by atoms with E-state index >= 15 is 0 Å². The van der Waals surface area contributed by atoms with Gasteiger partial charge < -0.3 is 9.84 Å². The van der Waals surface area contributed by atoms with Gasteiger partial charge in [0.1, 0.15) is 11.5 Å². The van der Waals surface area contributed by atoms with Crippen molar-refractivity contribution < 1.29 is 9.84 Å². The molecule has 5 nitrogen and oxygen atoms in total. The summed E-state index contributed by atoms with van der Waals surface area (Å²) in [6, 6.07) is 12.8. The van der Waals surface area contributed by atoms with Crippen LogP contribution in [0.5, 0.6) is 11.5 Å². The summed E-state index contributed by atoms with van der Waals surface area (Å²) in [6.07, 6.45) is 1.53. The Morgan fingerprint density at radius 1 is 1.29 bits per heavy atom. The van der Waals surface area contributed by atoms with E-state index in [-0.39, 0.29) is 5.75 Å². The number of phenolic OH excluding ortho intramolecular Hbond substituents is 1. The van der Waals surface area contributed by atoms with Crippen molar-refractivity contribution in [1.82, 2.24) is 4.98 Å². The van der Waals surface area contributed by atoms with Crippen molar-refractivity contribution in [2.75, 3.05) is 12.5 Å². The van der Waals surface area contributed by atoms with Gasteiger partial charge in [-0.25, -0.2) is 4.98 Å². The topological polar surface area (TPSA) is 66.7 Å². The summed E-state index contributed by atoms with van der Waals surface area (Å²) in [7, 11) is 1.58. The van der Waals surface area contributed by atoms with E-state index in [4.69, 9.17) is 4.74 Å². The van der Waals surface area contributed by atoms with Crippen LogP contribution < -0.4 is 10.2 Å². The van der Waals surface area contributed by atoms with Crippen LogP contribution in [0.4, 0.5) is 5.13 Å². The average Bonchev–Trinajstić information content (AvgIpc) is 2.92. The number of ether oxygens (including phenoxy) is 1. The van der Waals surface area contributed by atoms with E-state index < -0.39 is 0 Å². The lowest BCUT2D eigenvalue weighted by atomic mass is 10.2. The highest BCUT2D eigenvalue weighted by molar-refractivity contribution is 7.22. The summed E-state index contributed by atoms with van der Waals surface area (Å²) < 4.78 is 6.21. The summed E-state index contributed by atoms with van der Waals surface area (Å²) in [5.74, 6) is 0.805. The predicted octanol–water partition coefficient (Wildman–Crippen LogP) is 3.46. The number of methoxy groups -OCH3 is 1. The van der Waals surface area contributed by atoms with Crippen LogP contribution in [0.25, 0.3) is 10.2 Å². The van der Waals surface area contributed by atoms with E-state index in [0.717, 1.165) is 10.2 Å². The van der Waals surface area contributed by atoms with Crippen molar-refractivity contribution in [3.8, 4) is 11.5 Å². The lowest BCUT2D eigenvalue weighted by molar-refractivity contribution is 0.412. The number of fused-ring (bicyclic) bond motifs is 1. The SMILES string of the molecule is COc1ccc(O)c(C=NNc2nc3ccccc3s2)c1. The number of aromatic hydroxyl groups is 1. The van der Waals surface area contributed by atoms with Crippen LogP contribution >= 0.6 is 11.3 Å². The normalized spacial score (nSPS) is 11.1. The molecule has 0 unspecified atom stereocenters. The molecule has 0 aliphatic carbocycles. The second-order valence-corrected chi connectivity index (χ2v) is 5.31. The Hall–Kier alpha value is -2.60. The molecule has 2 aromatic carbocycles. The van der Waals surface area contributed by atoms with Crippen LogP contribution in [0.1, 0.15) is 5.56 Å². The Kier molecular flexibility index (Phi) is 3.70. The monoisotopic (exact) mass is 299 g/mol. The molecule has 2 N–H and O–H groups in total. The lowest BCUT2D eigenvalue weighted by Crippen LogP contribution is -1.91. The van der Waals surface area contributed by atoms with Crippen LogP contribution in [-0.4, -0.2) is 23.4 Å². The minimum atomic E-state index is 0.144. The van der Waals surface area contributed by atoms with Crippen molar-refractivity contribution in [2.24, 2.45) is 5.10 Å². The Morgan fingerprint density at radius 3 is 2.95 bits per heavy atom. The predicted molar refractivity (Wildman–Crippen MR) is 85.5 cm³/mol. The smallest absolute Gasteiger partial charge is 0.204 e. The number of benzene rings is 2. The van der Waals surface area contributed by atoms with E-state index in [1.807, 2.05) is 24.3 Å². The molecule has 21 heavy (non-hydrogen) atoms. The van der Waals surface area contributed by atoms with Gasteiger partial charge in [-0.2, -0.15) is 5.10 Å². The van der Waals surface area contributed by atoms with Crippen LogP contribution in [0.3, 0.4) is 0 Å². The van der Waals surface area contributed by atoms with Crippen molar-refractivity contribution in [2.45, 2.75) is 0 Å². The van der Waals surface area contributed by atoms with Gasteiger partial charge in [-0.1, -0.05) is 23.5 Å². The third kappa shape index (κ3) is 2.95. The number of anilines is 1. The van der Waals surface area contributed by atoms with Gasteiger partial charge in [-0.15, -0.1) is 0 Å². The maximum atomic E-state index is 9.75. The van der Waals surface area contributed by atoms with E-state index in [1.54, 1.807) is 25.3 Å². The number of hydrogen-bond donors (Lipinski definition) is 2. The first-order chi connectivity index (χ1) is 10.3. The first kappa shape index (κ1) is 13.4. The number of phenols is 1. The van der Waals surface area contributed by atoms with Crippen molar-refractivity contribution >= 4 is 32.9 Å². The molecule has 1 heterocycles. The fourth-order valence-corrected chi connectivity index (χ4v) is 2.66. The van der Waals surface area contributed by atoms with Crippen molar-refractivity contribution in [3.05, 3.63) is 48.0 Å². The fourth-order valence-electron chi connectivity index (χ4n) is 1.84. The highest BCUT2D eigenvalue weighted by Crippen LogP contribution is 2.25. The Bertz CT molecular complexity index is 765. The largest absolute Gasteiger partial charge is 0.507 e. The summed E-state index contributed by atoms with van der Waals surface area (Å²) in [5, 5.41) is 14.6. The number of rotatable bonds is 4. The number of thiazole rings is 1. The summed E-state index contributed by atoms with van der Waals surface area (Å²) in [5.41, 5.74) is 4.38. The number of hydrogen-bond acceptors (Lipinski definition) is 6. The standard InChI is InChI=1S/C15H13N3O2S/c1-20-11-6-7-13(19)10(8-11)9-16-18-15-17-12-4-2-3-5-14(12)21-15/h2-9,19H,1H3,(H,17,18). The second-order valence-electron chi connectivity index (χ2n) is 4.28. The molecule has 0 fully saturated rings. The number of para-hydroxylation sites is 1. The second kappa shape index (κ2) is 5.80. The van der Waals surface area contributed by atoms with Crippen LogP contribution in [-0.2, 0) is 0 Å². The fraction of sp³-hybridized carbons (Fsp3) is 0.0667. The molecule has 0 bridgehead atoms. The average molecular weight is 299 g/mol. The molecular weight excluding hydrogens is 286 g/mol. The van der Waals surface area contributed by atoms with Gasteiger partial charge in [0.25, 0.3) is 0 Å². The van der Waals surface area contributed by atoms with E-state index in [2.05, 4.69) is 15.5 Å². The van der Waals surface area contributed by atoms with Crippen molar-refractivity contribution in [1.29, 1.82) is 0 Å². The lowest BCUT2D eigenvalue weighted by Gasteiger charge is -2.02. The first-order valence-electron chi connectivity index (χ1n) is 6.28. The molecule has 0 atom stereocenters. The van der Waals surface area contributed by atoms with Crippen LogP contribution in [0.2, 0.25) is 0 Å². The number of hydrazone groups is 1. The zero-order valence-corrected chi connectivity index (χ0v) is 12.1. The van der Waals surface area contributed by atoms with E-state index in [0.29, 0.717) is 16.4 Å². The van der Waals surface area contributed by atoms with Crippen LogP contribution in [0.15, 0.2) is 47.6 Å². The maximum absolute atomic E-state index is 9.75. The molecule has 106 valence electrons. The molecule has 0 saturated heterocycles. The Labute approximate surface area is 125 Å². The molecule has 3 aromatic rings. The highest BCUT2D eigenvalue weighted by atomic mass is 32.1. The van der Waals surface area contributed by atoms with Gasteiger partial charge in [-0.05, 0) is 30.3 Å². The van der Waals surface area contributed by atoms with Crippen LogP contribution in [0, 0.1) is 0 Å². The zero-order valence-electron chi connectivity index (χ0n) is 11.3. The molecule has 0 spiro atoms. The molecule has 0 amide bonds. The maximum Gasteiger partial charge on any atom is 0.204 e. The quantitative estimate of drug-likeness (QED) is 0.572. The summed E-state index contributed by atoms with van der Waals surface area (Å²) in [4.78, 5) is 4.41. The third-order valence-electron chi connectivity index (χ3n) is 2.89. The number of nitrogens with one attached hydrogen (secondary N) is 1. The minimum Gasteiger partial charge on any atom is -0.507 e. The molecule has 0 aliphatic rings. The molecule has 0 saturated carbocycles. The van der Waals surface area contributed by atoms with Gasteiger partial charge in [0.05, 0.1) is 23.5 Å². The molecule has 0 radical (unpaired) electrons.